The van der Waals surface area contributed by atoms with Crippen LogP contribution in [-0.2, 0) is 0 Å². The Hall–Kier alpha value is -8.67. The van der Waals surface area contributed by atoms with Gasteiger partial charge in [0.1, 0.15) is 0 Å². The van der Waals surface area contributed by atoms with Gasteiger partial charge in [0.15, 0.2) is 17.5 Å². The summed E-state index contributed by atoms with van der Waals surface area (Å²) in [5, 5.41) is 9.96. The Morgan fingerprint density at radius 2 is 0.719 bits per heavy atom. The van der Waals surface area contributed by atoms with Crippen LogP contribution in [0.3, 0.4) is 0 Å². The summed E-state index contributed by atoms with van der Waals surface area (Å²) in [5.41, 5.74) is 11.9. The standard InChI is InChI=1S/C59H37N5/c1-3-16-41(17-4-1)57-60-58(62-59(61-57)44-30-33-50-49-24-11-12-25-51(49)63(54(50)37-44)45-19-5-2-6-20-45)42-28-26-38(27-29-42)43-18-13-21-46(36-43)64-52-34-31-39-14-7-9-22-47(39)55(52)56-48-23-10-8-15-40(48)32-35-53(56)64/h1-37H. The molecule has 298 valence electrons. The Morgan fingerprint density at radius 1 is 0.250 bits per heavy atom. The van der Waals surface area contributed by atoms with Crippen LogP contribution in [0.4, 0.5) is 0 Å². The fourth-order valence-electron chi connectivity index (χ4n) is 9.78. The highest BCUT2D eigenvalue weighted by Gasteiger charge is 2.19. The first-order chi connectivity index (χ1) is 31.7. The zero-order valence-electron chi connectivity index (χ0n) is 34.6. The van der Waals surface area contributed by atoms with Gasteiger partial charge in [-0.2, -0.15) is 0 Å². The van der Waals surface area contributed by atoms with Crippen LogP contribution < -0.4 is 0 Å². The number of fused-ring (bicyclic) bond motifs is 10. The molecular formula is C59H37N5. The molecule has 3 aromatic heterocycles. The molecule has 0 bridgehead atoms. The van der Waals surface area contributed by atoms with Crippen LogP contribution in [0.5, 0.6) is 0 Å². The van der Waals surface area contributed by atoms with Gasteiger partial charge in [-0.25, -0.2) is 15.0 Å². The van der Waals surface area contributed by atoms with E-state index in [0.29, 0.717) is 17.5 Å². The quantitative estimate of drug-likeness (QED) is 0.168. The fourth-order valence-corrected chi connectivity index (χ4v) is 9.78. The smallest absolute Gasteiger partial charge is 0.164 e. The number of benzene rings is 10. The Bertz CT molecular complexity index is 3850. The minimum Gasteiger partial charge on any atom is -0.309 e. The van der Waals surface area contributed by atoms with Gasteiger partial charge >= 0.3 is 0 Å². The van der Waals surface area contributed by atoms with Gasteiger partial charge in [-0.05, 0) is 81.2 Å². The van der Waals surface area contributed by atoms with Crippen LogP contribution in [0.2, 0.25) is 0 Å². The molecule has 0 saturated carbocycles. The molecule has 13 rings (SSSR count). The maximum absolute atomic E-state index is 5.18. The van der Waals surface area contributed by atoms with Gasteiger partial charge in [0.05, 0.1) is 22.1 Å². The third-order valence-corrected chi connectivity index (χ3v) is 12.7. The van der Waals surface area contributed by atoms with E-state index < -0.39 is 0 Å². The van der Waals surface area contributed by atoms with Crippen LogP contribution in [0.25, 0.3) is 122 Å². The number of hydrogen-bond acceptors (Lipinski definition) is 3. The van der Waals surface area contributed by atoms with E-state index in [1.165, 1.54) is 54.1 Å². The van der Waals surface area contributed by atoms with Crippen molar-refractivity contribution in [2.75, 3.05) is 0 Å². The highest BCUT2D eigenvalue weighted by molar-refractivity contribution is 6.28. The highest BCUT2D eigenvalue weighted by Crippen LogP contribution is 2.41. The molecule has 10 aromatic carbocycles. The SMILES string of the molecule is c1ccc(-c2nc(-c3ccc(-c4cccc(-n5c6ccc7ccccc7c6c6c7ccccc7ccc65)c4)cc3)nc(-c3ccc4c5ccccc5n(-c5ccccc5)c4c3)n2)cc1. The van der Waals surface area contributed by atoms with Gasteiger partial charge in [-0.1, -0.05) is 176 Å². The van der Waals surface area contributed by atoms with E-state index in [1.807, 2.05) is 18.2 Å². The van der Waals surface area contributed by atoms with Crippen molar-refractivity contribution in [1.82, 2.24) is 24.1 Å². The lowest BCUT2D eigenvalue weighted by atomic mass is 10.00. The number of rotatable bonds is 6. The Balaban J connectivity index is 0.923. The number of aromatic nitrogens is 5. The van der Waals surface area contributed by atoms with Gasteiger partial charge in [0.2, 0.25) is 0 Å². The summed E-state index contributed by atoms with van der Waals surface area (Å²) in [6.45, 7) is 0. The van der Waals surface area contributed by atoms with E-state index in [9.17, 15) is 0 Å². The second kappa shape index (κ2) is 14.5. The van der Waals surface area contributed by atoms with Crippen LogP contribution in [0, 0.1) is 0 Å². The molecule has 0 N–H and O–H groups in total. The summed E-state index contributed by atoms with van der Waals surface area (Å²) < 4.78 is 4.75. The predicted molar refractivity (Wildman–Crippen MR) is 265 cm³/mol. The lowest BCUT2D eigenvalue weighted by Crippen LogP contribution is -2.00. The third kappa shape index (κ3) is 5.75. The van der Waals surface area contributed by atoms with E-state index in [4.69, 9.17) is 15.0 Å². The van der Waals surface area contributed by atoms with Gasteiger partial charge in [-0.3, -0.25) is 0 Å². The minimum absolute atomic E-state index is 0.623. The Labute approximate surface area is 368 Å². The molecular weight excluding hydrogens is 779 g/mol. The van der Waals surface area contributed by atoms with Gasteiger partial charge in [0.25, 0.3) is 0 Å². The molecule has 0 aliphatic heterocycles. The topological polar surface area (TPSA) is 48.5 Å². The largest absolute Gasteiger partial charge is 0.309 e. The Morgan fingerprint density at radius 3 is 1.39 bits per heavy atom. The summed E-state index contributed by atoms with van der Waals surface area (Å²) in [7, 11) is 0. The van der Waals surface area contributed by atoms with Gasteiger partial charge in [-0.15, -0.1) is 0 Å². The van der Waals surface area contributed by atoms with E-state index in [1.54, 1.807) is 0 Å². The molecule has 0 amide bonds. The first-order valence-corrected chi connectivity index (χ1v) is 21.7. The molecule has 0 aliphatic rings. The summed E-state index contributed by atoms with van der Waals surface area (Å²) >= 11 is 0. The second-order valence-electron chi connectivity index (χ2n) is 16.4. The van der Waals surface area contributed by atoms with Crippen molar-refractivity contribution in [2.45, 2.75) is 0 Å². The Kier molecular flexibility index (Phi) is 8.15. The molecule has 0 fully saturated rings. The van der Waals surface area contributed by atoms with Crippen LogP contribution in [-0.4, -0.2) is 24.1 Å². The van der Waals surface area contributed by atoms with Crippen molar-refractivity contribution in [3.05, 3.63) is 224 Å². The zero-order chi connectivity index (χ0) is 42.1. The van der Waals surface area contributed by atoms with Crippen molar-refractivity contribution in [2.24, 2.45) is 0 Å². The highest BCUT2D eigenvalue weighted by atomic mass is 15.0. The van der Waals surface area contributed by atoms with Crippen LogP contribution >= 0.6 is 0 Å². The maximum Gasteiger partial charge on any atom is 0.164 e. The first kappa shape index (κ1) is 36.0. The molecule has 0 saturated heterocycles. The van der Waals surface area contributed by atoms with E-state index in [-0.39, 0.29) is 0 Å². The number of para-hydroxylation sites is 2. The molecule has 0 spiro atoms. The first-order valence-electron chi connectivity index (χ1n) is 21.7. The van der Waals surface area contributed by atoms with Crippen molar-refractivity contribution in [3.63, 3.8) is 0 Å². The molecule has 13 aromatic rings. The van der Waals surface area contributed by atoms with Gasteiger partial charge in [0, 0.05) is 49.6 Å². The van der Waals surface area contributed by atoms with E-state index in [2.05, 4.69) is 215 Å². The molecule has 0 radical (unpaired) electrons. The molecule has 5 heteroatoms. The predicted octanol–water partition coefficient (Wildman–Crippen LogP) is 15.0. The summed E-state index contributed by atoms with van der Waals surface area (Å²) in [6.07, 6.45) is 0. The molecule has 0 aliphatic carbocycles. The van der Waals surface area contributed by atoms with Gasteiger partial charge < -0.3 is 9.13 Å². The van der Waals surface area contributed by atoms with Crippen LogP contribution in [0.1, 0.15) is 0 Å². The van der Waals surface area contributed by atoms with Crippen molar-refractivity contribution in [3.8, 4) is 56.7 Å². The molecule has 0 atom stereocenters. The van der Waals surface area contributed by atoms with Crippen molar-refractivity contribution >= 4 is 65.2 Å². The van der Waals surface area contributed by atoms with Crippen LogP contribution in [0.15, 0.2) is 224 Å². The van der Waals surface area contributed by atoms with Crippen molar-refractivity contribution < 1.29 is 0 Å². The summed E-state index contributed by atoms with van der Waals surface area (Å²) in [5.74, 6) is 1.88. The van der Waals surface area contributed by atoms with E-state index in [0.717, 1.165) is 50.2 Å². The summed E-state index contributed by atoms with van der Waals surface area (Å²) in [4.78, 5) is 15.4. The summed E-state index contributed by atoms with van der Waals surface area (Å²) in [6, 6.07) is 79.8. The second-order valence-corrected chi connectivity index (χ2v) is 16.4. The molecule has 64 heavy (non-hydrogen) atoms. The maximum atomic E-state index is 5.18. The zero-order valence-corrected chi connectivity index (χ0v) is 34.6. The molecule has 3 heterocycles. The lowest BCUT2D eigenvalue weighted by molar-refractivity contribution is 1.07. The average Bonchev–Trinajstić information content (AvgIpc) is 3.90. The minimum atomic E-state index is 0.623. The fraction of sp³-hybridized carbons (Fsp3) is 0. The monoisotopic (exact) mass is 815 g/mol. The molecule has 0 unspecified atom stereocenters. The third-order valence-electron chi connectivity index (χ3n) is 12.7. The lowest BCUT2D eigenvalue weighted by Gasteiger charge is -2.12. The molecule has 5 nitrogen and oxygen atoms in total. The number of hydrogen-bond donors (Lipinski definition) is 0. The normalized spacial score (nSPS) is 11.8. The van der Waals surface area contributed by atoms with Crippen molar-refractivity contribution in [1.29, 1.82) is 0 Å². The average molecular weight is 816 g/mol. The van der Waals surface area contributed by atoms with E-state index >= 15 is 0 Å². The number of nitrogens with zero attached hydrogens (tertiary/aromatic N) is 5.